The first-order valence-corrected chi connectivity index (χ1v) is 8.23. The largest absolute Gasteiger partial charge is 0.465 e. The fourth-order valence-corrected chi connectivity index (χ4v) is 2.47. The molecule has 0 spiro atoms. The van der Waals surface area contributed by atoms with Gasteiger partial charge in [-0.05, 0) is 30.2 Å². The molecule has 0 aliphatic rings. The van der Waals surface area contributed by atoms with E-state index in [0.29, 0.717) is 12.1 Å². The molecule has 0 bridgehead atoms. The Morgan fingerprint density at radius 2 is 1.73 bits per heavy atom. The molecule has 1 amide bonds. The summed E-state index contributed by atoms with van der Waals surface area (Å²) in [7, 11) is 2.66. The third kappa shape index (κ3) is 5.32. The van der Waals surface area contributed by atoms with Gasteiger partial charge < -0.3 is 19.5 Å². The van der Waals surface area contributed by atoms with E-state index in [4.69, 9.17) is 9.47 Å². The summed E-state index contributed by atoms with van der Waals surface area (Å²) < 4.78 is 15.3. The molecule has 0 radical (unpaired) electrons. The lowest BCUT2D eigenvalue weighted by atomic mass is 9.98. The van der Waals surface area contributed by atoms with Gasteiger partial charge in [-0.15, -0.1) is 0 Å². The van der Waals surface area contributed by atoms with Gasteiger partial charge in [0, 0.05) is 6.54 Å². The summed E-state index contributed by atoms with van der Waals surface area (Å²) in [5, 5.41) is 2.58. The standard InChI is InChI=1S/C20H23NO5/c1-14-7-9-15(10-8-14)18(26-12-11-21-20(23)25-3)16-5-4-6-17(13-16)19(22)24-2/h4-10,13,18H,11-12H2,1-3H3,(H,21,23). The normalized spacial score (nSPS) is 11.5. The van der Waals surface area contributed by atoms with E-state index < -0.39 is 12.1 Å². The Labute approximate surface area is 153 Å². The van der Waals surface area contributed by atoms with Crippen LogP contribution in [0, 0.1) is 6.92 Å². The quantitative estimate of drug-likeness (QED) is 0.608. The fraction of sp³-hybridized carbons (Fsp3) is 0.300. The molecule has 1 atom stereocenters. The second-order valence-electron chi connectivity index (χ2n) is 5.70. The van der Waals surface area contributed by atoms with E-state index in [2.05, 4.69) is 10.1 Å². The maximum Gasteiger partial charge on any atom is 0.406 e. The Morgan fingerprint density at radius 1 is 1.00 bits per heavy atom. The summed E-state index contributed by atoms with van der Waals surface area (Å²) >= 11 is 0. The minimum absolute atomic E-state index is 0.288. The molecule has 0 heterocycles. The van der Waals surface area contributed by atoms with Crippen LogP contribution in [0.4, 0.5) is 4.79 Å². The van der Waals surface area contributed by atoms with Crippen LogP contribution in [0.3, 0.4) is 0 Å². The molecular weight excluding hydrogens is 334 g/mol. The highest BCUT2D eigenvalue weighted by atomic mass is 16.5. The number of amides is 1. The number of hydrogen-bond donors (Lipinski definition) is 1. The highest BCUT2D eigenvalue weighted by Gasteiger charge is 2.17. The van der Waals surface area contributed by atoms with Gasteiger partial charge in [-0.25, -0.2) is 9.59 Å². The summed E-state index contributed by atoms with van der Waals surface area (Å²) in [4.78, 5) is 23.0. The van der Waals surface area contributed by atoms with E-state index in [1.54, 1.807) is 18.2 Å². The van der Waals surface area contributed by atoms with Crippen LogP contribution in [0.2, 0.25) is 0 Å². The molecule has 0 aliphatic heterocycles. The van der Waals surface area contributed by atoms with Crippen LogP contribution in [0.25, 0.3) is 0 Å². The molecule has 0 fully saturated rings. The van der Waals surface area contributed by atoms with Gasteiger partial charge in [0.1, 0.15) is 6.10 Å². The lowest BCUT2D eigenvalue weighted by molar-refractivity contribution is 0.0598. The molecule has 6 nitrogen and oxygen atoms in total. The average Bonchev–Trinajstić information content (AvgIpc) is 2.68. The number of hydrogen-bond acceptors (Lipinski definition) is 5. The first-order valence-electron chi connectivity index (χ1n) is 8.23. The van der Waals surface area contributed by atoms with Gasteiger partial charge in [-0.1, -0.05) is 42.0 Å². The Bertz CT molecular complexity index is 742. The molecule has 2 aromatic carbocycles. The number of esters is 1. The molecule has 0 saturated heterocycles. The number of alkyl carbamates (subject to hydrolysis) is 1. The van der Waals surface area contributed by atoms with E-state index in [0.717, 1.165) is 16.7 Å². The van der Waals surface area contributed by atoms with Crippen molar-refractivity contribution in [1.29, 1.82) is 0 Å². The minimum Gasteiger partial charge on any atom is -0.465 e. The molecule has 1 N–H and O–H groups in total. The van der Waals surface area contributed by atoms with Crippen LogP contribution in [0.5, 0.6) is 0 Å². The number of nitrogens with one attached hydrogen (secondary N) is 1. The zero-order chi connectivity index (χ0) is 18.9. The summed E-state index contributed by atoms with van der Waals surface area (Å²) in [5.41, 5.74) is 3.38. The van der Waals surface area contributed by atoms with Crippen molar-refractivity contribution in [2.24, 2.45) is 0 Å². The molecule has 2 aromatic rings. The summed E-state index contributed by atoms with van der Waals surface area (Å²) in [5.74, 6) is -0.401. The Morgan fingerprint density at radius 3 is 2.38 bits per heavy atom. The molecule has 6 heteroatoms. The number of rotatable bonds is 7. The Hall–Kier alpha value is -2.86. The van der Waals surface area contributed by atoms with Gasteiger partial charge in [0.2, 0.25) is 0 Å². The van der Waals surface area contributed by atoms with E-state index in [1.807, 2.05) is 37.3 Å². The molecule has 26 heavy (non-hydrogen) atoms. The van der Waals surface area contributed by atoms with Crippen molar-refractivity contribution in [3.05, 3.63) is 70.8 Å². The van der Waals surface area contributed by atoms with Gasteiger partial charge in [-0.2, -0.15) is 0 Å². The predicted octanol–water partition coefficient (Wildman–Crippen LogP) is 3.24. The average molecular weight is 357 g/mol. The predicted molar refractivity (Wildman–Crippen MR) is 97.2 cm³/mol. The van der Waals surface area contributed by atoms with Crippen LogP contribution >= 0.6 is 0 Å². The minimum atomic E-state index is -0.506. The molecule has 0 saturated carbocycles. The Balaban J connectivity index is 2.21. The zero-order valence-corrected chi connectivity index (χ0v) is 15.2. The van der Waals surface area contributed by atoms with E-state index in [1.165, 1.54) is 14.2 Å². The molecular formula is C20H23NO5. The first kappa shape index (κ1) is 19.5. The van der Waals surface area contributed by atoms with Crippen molar-refractivity contribution in [2.75, 3.05) is 27.4 Å². The summed E-state index contributed by atoms with van der Waals surface area (Å²) in [6.07, 6.45) is -0.882. The van der Waals surface area contributed by atoms with E-state index in [-0.39, 0.29) is 12.7 Å². The second kappa shape index (κ2) is 9.58. The molecule has 138 valence electrons. The van der Waals surface area contributed by atoms with Gasteiger partial charge in [0.25, 0.3) is 0 Å². The van der Waals surface area contributed by atoms with Gasteiger partial charge in [0.15, 0.2) is 0 Å². The highest BCUT2D eigenvalue weighted by molar-refractivity contribution is 5.89. The van der Waals surface area contributed by atoms with Gasteiger partial charge >= 0.3 is 12.1 Å². The number of ether oxygens (including phenoxy) is 3. The van der Waals surface area contributed by atoms with Crippen molar-refractivity contribution < 1.29 is 23.8 Å². The van der Waals surface area contributed by atoms with Gasteiger partial charge in [0.05, 0.1) is 26.4 Å². The van der Waals surface area contributed by atoms with Crippen LogP contribution in [-0.4, -0.2) is 39.4 Å². The van der Waals surface area contributed by atoms with Crippen molar-refractivity contribution in [2.45, 2.75) is 13.0 Å². The molecule has 2 rings (SSSR count). The van der Waals surface area contributed by atoms with E-state index >= 15 is 0 Å². The molecule has 0 aliphatic carbocycles. The number of benzene rings is 2. The monoisotopic (exact) mass is 357 g/mol. The van der Waals surface area contributed by atoms with Gasteiger partial charge in [-0.3, -0.25) is 0 Å². The maximum absolute atomic E-state index is 11.8. The number of aryl methyl sites for hydroxylation is 1. The molecule has 1 unspecified atom stereocenters. The zero-order valence-electron chi connectivity index (χ0n) is 15.2. The van der Waals surface area contributed by atoms with Crippen LogP contribution < -0.4 is 5.32 Å². The number of carbonyl (C=O) groups excluding carboxylic acids is 2. The third-order valence-electron chi connectivity index (χ3n) is 3.83. The first-order chi connectivity index (χ1) is 12.5. The summed E-state index contributed by atoms with van der Waals surface area (Å²) in [6.45, 7) is 2.61. The van der Waals surface area contributed by atoms with Crippen LogP contribution in [0.15, 0.2) is 48.5 Å². The Kier molecular flexibility index (Phi) is 7.17. The number of carbonyl (C=O) groups is 2. The second-order valence-corrected chi connectivity index (χ2v) is 5.70. The van der Waals surface area contributed by atoms with Crippen molar-refractivity contribution in [3.63, 3.8) is 0 Å². The molecule has 0 aromatic heterocycles. The van der Waals surface area contributed by atoms with Crippen molar-refractivity contribution in [3.8, 4) is 0 Å². The number of methoxy groups -OCH3 is 2. The lowest BCUT2D eigenvalue weighted by Crippen LogP contribution is -2.27. The third-order valence-corrected chi connectivity index (χ3v) is 3.83. The van der Waals surface area contributed by atoms with Crippen LogP contribution in [0.1, 0.15) is 33.2 Å². The SMILES string of the molecule is COC(=O)NCCOC(c1ccc(C)cc1)c1cccc(C(=O)OC)c1. The van der Waals surface area contributed by atoms with Crippen molar-refractivity contribution >= 4 is 12.1 Å². The van der Waals surface area contributed by atoms with Crippen molar-refractivity contribution in [1.82, 2.24) is 5.32 Å². The topological polar surface area (TPSA) is 73.9 Å². The fourth-order valence-electron chi connectivity index (χ4n) is 2.47. The summed E-state index contributed by atoms with van der Waals surface area (Å²) in [6, 6.07) is 15.1. The van der Waals surface area contributed by atoms with E-state index in [9.17, 15) is 9.59 Å². The maximum atomic E-state index is 11.8. The van der Waals surface area contributed by atoms with Crippen LogP contribution in [-0.2, 0) is 14.2 Å². The highest BCUT2D eigenvalue weighted by Crippen LogP contribution is 2.27. The lowest BCUT2D eigenvalue weighted by Gasteiger charge is -2.20. The smallest absolute Gasteiger partial charge is 0.406 e.